The first-order chi connectivity index (χ1) is 14.1. The van der Waals surface area contributed by atoms with Crippen LogP contribution in [0.4, 0.5) is 4.79 Å². The number of nitrogens with zero attached hydrogens (tertiary/aromatic N) is 2. The number of urea groups is 1. The summed E-state index contributed by atoms with van der Waals surface area (Å²) in [5, 5.41) is 5.46. The summed E-state index contributed by atoms with van der Waals surface area (Å²) in [6, 6.07) is 7.30. The number of amides is 3. The van der Waals surface area contributed by atoms with E-state index in [1.807, 2.05) is 31.2 Å². The molecule has 1 aromatic heterocycles. The van der Waals surface area contributed by atoms with Gasteiger partial charge < -0.3 is 9.73 Å². The van der Waals surface area contributed by atoms with Crippen LogP contribution < -0.4 is 10.6 Å². The third kappa shape index (κ3) is 4.78. The average molecular weight is 399 g/mol. The zero-order valence-electron chi connectivity index (χ0n) is 17.0. The number of para-hydroxylation sites is 2. The molecule has 2 heterocycles. The van der Waals surface area contributed by atoms with Crippen LogP contribution in [0.1, 0.15) is 63.7 Å². The molecule has 1 saturated carbocycles. The summed E-state index contributed by atoms with van der Waals surface area (Å²) >= 11 is 0. The van der Waals surface area contributed by atoms with Gasteiger partial charge in [0.1, 0.15) is 5.52 Å². The smallest absolute Gasteiger partial charge is 0.321 e. The Labute approximate surface area is 171 Å². The number of piperidine rings is 1. The summed E-state index contributed by atoms with van der Waals surface area (Å²) in [5.74, 6) is 0.817. The van der Waals surface area contributed by atoms with E-state index in [2.05, 4.69) is 20.5 Å². The minimum atomic E-state index is -0.366. The molecule has 2 aromatic rings. The normalized spacial score (nSPS) is 20.4. The van der Waals surface area contributed by atoms with Gasteiger partial charge in [0, 0.05) is 12.0 Å². The molecule has 2 N–H and O–H groups in total. The van der Waals surface area contributed by atoms with Gasteiger partial charge in [0.15, 0.2) is 11.5 Å². The first-order valence-electron chi connectivity index (χ1n) is 10.8. The molecule has 7 nitrogen and oxygen atoms in total. The van der Waals surface area contributed by atoms with E-state index in [1.54, 1.807) is 0 Å². The third-order valence-corrected chi connectivity index (χ3v) is 6.29. The summed E-state index contributed by atoms with van der Waals surface area (Å²) in [6.07, 6.45) is 7.29. The number of aromatic nitrogens is 1. The summed E-state index contributed by atoms with van der Waals surface area (Å²) in [5.41, 5.74) is 1.71. The average Bonchev–Trinajstić information content (AvgIpc) is 3.18. The molecule has 0 radical (unpaired) electrons. The van der Waals surface area contributed by atoms with E-state index < -0.39 is 0 Å². The van der Waals surface area contributed by atoms with Crippen molar-refractivity contribution in [1.82, 2.24) is 20.5 Å². The summed E-state index contributed by atoms with van der Waals surface area (Å²) in [6.45, 7) is 3.42. The number of fused-ring (bicyclic) bond motifs is 1. The van der Waals surface area contributed by atoms with E-state index >= 15 is 0 Å². The Morgan fingerprint density at radius 1 is 1.10 bits per heavy atom. The highest BCUT2D eigenvalue weighted by molar-refractivity contribution is 5.96. The number of carbonyl (C=O) groups is 2. The molecule has 29 heavy (non-hydrogen) atoms. The SMILES string of the molecule is CC(C(=O)NC(=O)NC1CCCCC1)N1CCC(c2nc3ccccc3o2)CC1. The minimum Gasteiger partial charge on any atom is -0.440 e. The Morgan fingerprint density at radius 3 is 2.55 bits per heavy atom. The summed E-state index contributed by atoms with van der Waals surface area (Å²) < 4.78 is 5.91. The van der Waals surface area contributed by atoms with Crippen LogP contribution in [0.25, 0.3) is 11.1 Å². The Morgan fingerprint density at radius 2 is 1.83 bits per heavy atom. The molecule has 3 amide bonds. The van der Waals surface area contributed by atoms with Crippen molar-refractivity contribution in [1.29, 1.82) is 0 Å². The second kappa shape index (κ2) is 8.95. The molecule has 1 aliphatic carbocycles. The van der Waals surface area contributed by atoms with Gasteiger partial charge in [0.25, 0.3) is 0 Å². The molecule has 1 aromatic carbocycles. The number of hydrogen-bond acceptors (Lipinski definition) is 5. The largest absolute Gasteiger partial charge is 0.440 e. The van der Waals surface area contributed by atoms with Crippen LogP contribution >= 0.6 is 0 Å². The second-order valence-electron chi connectivity index (χ2n) is 8.30. The van der Waals surface area contributed by atoms with Crippen molar-refractivity contribution in [2.24, 2.45) is 0 Å². The number of hydrogen-bond donors (Lipinski definition) is 2. The number of nitrogens with one attached hydrogen (secondary N) is 2. The van der Waals surface area contributed by atoms with Crippen LogP contribution in [0.2, 0.25) is 0 Å². The fraction of sp³-hybridized carbons (Fsp3) is 0.591. The van der Waals surface area contributed by atoms with Crippen molar-refractivity contribution in [2.75, 3.05) is 13.1 Å². The molecule has 4 rings (SSSR count). The molecule has 1 atom stereocenters. The van der Waals surface area contributed by atoms with Crippen LogP contribution in [0.5, 0.6) is 0 Å². The maximum absolute atomic E-state index is 12.5. The van der Waals surface area contributed by atoms with Gasteiger partial charge in [-0.3, -0.25) is 15.0 Å². The van der Waals surface area contributed by atoms with Crippen molar-refractivity contribution in [3.05, 3.63) is 30.2 Å². The highest BCUT2D eigenvalue weighted by Gasteiger charge is 2.30. The molecular formula is C22H30N4O3. The van der Waals surface area contributed by atoms with Crippen LogP contribution in [0.3, 0.4) is 0 Å². The summed E-state index contributed by atoms with van der Waals surface area (Å²) in [7, 11) is 0. The van der Waals surface area contributed by atoms with E-state index in [1.165, 1.54) is 6.42 Å². The highest BCUT2D eigenvalue weighted by Crippen LogP contribution is 2.30. The van der Waals surface area contributed by atoms with E-state index in [4.69, 9.17) is 4.42 Å². The predicted molar refractivity (Wildman–Crippen MR) is 111 cm³/mol. The molecule has 7 heteroatoms. The van der Waals surface area contributed by atoms with Crippen molar-refractivity contribution in [2.45, 2.75) is 69.9 Å². The van der Waals surface area contributed by atoms with Gasteiger partial charge in [0.05, 0.1) is 6.04 Å². The molecule has 1 aliphatic heterocycles. The van der Waals surface area contributed by atoms with Gasteiger partial charge in [-0.25, -0.2) is 9.78 Å². The van der Waals surface area contributed by atoms with Crippen molar-refractivity contribution < 1.29 is 14.0 Å². The van der Waals surface area contributed by atoms with Crippen LogP contribution in [0.15, 0.2) is 28.7 Å². The lowest BCUT2D eigenvalue weighted by Crippen LogP contribution is -2.52. The van der Waals surface area contributed by atoms with Gasteiger partial charge in [-0.05, 0) is 57.8 Å². The molecule has 1 saturated heterocycles. The maximum atomic E-state index is 12.5. The Balaban J connectivity index is 1.26. The monoisotopic (exact) mass is 398 g/mol. The minimum absolute atomic E-state index is 0.193. The highest BCUT2D eigenvalue weighted by atomic mass is 16.3. The maximum Gasteiger partial charge on any atom is 0.321 e. The number of oxazole rings is 1. The van der Waals surface area contributed by atoms with Crippen molar-refractivity contribution >= 4 is 23.0 Å². The first kappa shape index (κ1) is 19.9. The standard InChI is InChI=1S/C22H30N4O3/c1-15(20(27)25-22(28)23-17-7-3-2-4-8-17)26-13-11-16(12-14-26)21-24-18-9-5-6-10-19(18)29-21/h5-6,9-10,15-17H,2-4,7-8,11-14H2,1H3,(H2,23,25,27,28). The molecule has 2 aliphatic rings. The molecule has 1 unspecified atom stereocenters. The van der Waals surface area contributed by atoms with Crippen LogP contribution in [-0.2, 0) is 4.79 Å². The van der Waals surface area contributed by atoms with E-state index in [9.17, 15) is 9.59 Å². The van der Waals surface area contributed by atoms with E-state index in [0.717, 1.165) is 68.6 Å². The Bertz CT molecular complexity index is 818. The third-order valence-electron chi connectivity index (χ3n) is 6.29. The zero-order chi connectivity index (χ0) is 20.2. The lowest BCUT2D eigenvalue weighted by molar-refractivity contribution is -0.125. The van der Waals surface area contributed by atoms with Crippen LogP contribution in [-0.4, -0.2) is 47.0 Å². The van der Waals surface area contributed by atoms with Gasteiger partial charge >= 0.3 is 6.03 Å². The number of benzene rings is 1. The molecular weight excluding hydrogens is 368 g/mol. The molecule has 0 spiro atoms. The molecule has 2 fully saturated rings. The first-order valence-corrected chi connectivity index (χ1v) is 10.8. The van der Waals surface area contributed by atoms with Gasteiger partial charge in [-0.15, -0.1) is 0 Å². The lowest BCUT2D eigenvalue weighted by Gasteiger charge is -2.34. The summed E-state index contributed by atoms with van der Waals surface area (Å²) in [4.78, 5) is 31.4. The van der Waals surface area contributed by atoms with E-state index in [0.29, 0.717) is 0 Å². The van der Waals surface area contributed by atoms with Gasteiger partial charge in [0.2, 0.25) is 5.91 Å². The van der Waals surface area contributed by atoms with Crippen molar-refractivity contribution in [3.8, 4) is 0 Å². The zero-order valence-corrected chi connectivity index (χ0v) is 17.0. The fourth-order valence-electron chi connectivity index (χ4n) is 4.45. The van der Waals surface area contributed by atoms with E-state index in [-0.39, 0.29) is 29.9 Å². The Kier molecular flexibility index (Phi) is 6.13. The van der Waals surface area contributed by atoms with Crippen molar-refractivity contribution in [3.63, 3.8) is 0 Å². The van der Waals surface area contributed by atoms with Crippen LogP contribution in [0, 0.1) is 0 Å². The second-order valence-corrected chi connectivity index (χ2v) is 8.30. The van der Waals surface area contributed by atoms with Gasteiger partial charge in [-0.1, -0.05) is 31.4 Å². The number of imide groups is 1. The topological polar surface area (TPSA) is 87.5 Å². The van der Waals surface area contributed by atoms with Gasteiger partial charge in [-0.2, -0.15) is 0 Å². The number of likely N-dealkylation sites (tertiary alicyclic amines) is 1. The Hall–Kier alpha value is -2.41. The lowest BCUT2D eigenvalue weighted by atomic mass is 9.95. The number of carbonyl (C=O) groups excluding carboxylic acids is 2. The fourth-order valence-corrected chi connectivity index (χ4v) is 4.45. The molecule has 156 valence electrons. The predicted octanol–water partition coefficient (Wildman–Crippen LogP) is 3.55. The molecule has 0 bridgehead atoms. The number of rotatable bonds is 4. The quantitative estimate of drug-likeness (QED) is 0.822.